The fourth-order valence-corrected chi connectivity index (χ4v) is 10.6. The number of aromatic nitrogens is 1. The smallest absolute Gasteiger partial charge is 0.274 e. The molecule has 0 fully saturated rings. The van der Waals surface area contributed by atoms with Gasteiger partial charge in [0.1, 0.15) is 11.4 Å². The molecule has 0 aliphatic heterocycles. The standard InChI is InChI=1S/C43H33N3O2P2/c47-42(45-36-26-13-15-30-40(36)49(32-18-5-1-6-19-32)33-20-7-2-8-21-33)38-28-17-29-39(44-38)43(48)46-37-27-14-16-31-41(37)50(34-22-9-3-10-23-34)35-24-11-4-12-25-35/h1-31H,(H,45,47)(H,46,48). The molecule has 1 heterocycles. The second-order valence-corrected chi connectivity index (χ2v) is 15.7. The molecule has 0 spiro atoms. The number of nitrogens with one attached hydrogen (secondary N) is 2. The molecule has 0 saturated heterocycles. The molecule has 1 aromatic heterocycles. The minimum absolute atomic E-state index is 0.153. The molecule has 0 atom stereocenters. The van der Waals surface area contributed by atoms with E-state index in [1.807, 2.05) is 109 Å². The van der Waals surface area contributed by atoms with Crippen LogP contribution in [0.25, 0.3) is 0 Å². The van der Waals surface area contributed by atoms with E-state index in [2.05, 4.69) is 76.3 Å². The van der Waals surface area contributed by atoms with Gasteiger partial charge in [-0.15, -0.1) is 0 Å². The summed E-state index contributed by atoms with van der Waals surface area (Å²) in [6.07, 6.45) is 0. The zero-order chi connectivity index (χ0) is 34.1. The van der Waals surface area contributed by atoms with Gasteiger partial charge in [0.25, 0.3) is 11.8 Å². The van der Waals surface area contributed by atoms with Gasteiger partial charge in [-0.25, -0.2) is 4.98 Å². The summed E-state index contributed by atoms with van der Waals surface area (Å²) in [5.74, 6) is -0.777. The summed E-state index contributed by atoms with van der Waals surface area (Å²) in [5, 5.41) is 13.0. The fourth-order valence-electron chi connectivity index (χ4n) is 5.77. The van der Waals surface area contributed by atoms with E-state index in [4.69, 9.17) is 0 Å². The van der Waals surface area contributed by atoms with Crippen molar-refractivity contribution in [1.82, 2.24) is 4.98 Å². The number of anilines is 2. The van der Waals surface area contributed by atoms with Crippen LogP contribution < -0.4 is 42.5 Å². The Labute approximate surface area is 294 Å². The number of nitrogens with zero attached hydrogens (tertiary/aromatic N) is 1. The lowest BCUT2D eigenvalue weighted by molar-refractivity contribution is 0.101. The van der Waals surface area contributed by atoms with Crippen molar-refractivity contribution in [3.63, 3.8) is 0 Å². The highest BCUT2D eigenvalue weighted by atomic mass is 31.1. The summed E-state index contributed by atoms with van der Waals surface area (Å²) < 4.78 is 0. The predicted octanol–water partition coefficient (Wildman–Crippen LogP) is 7.10. The van der Waals surface area contributed by atoms with Crippen molar-refractivity contribution in [2.24, 2.45) is 0 Å². The van der Waals surface area contributed by atoms with Crippen LogP contribution in [0.1, 0.15) is 21.0 Å². The quantitative estimate of drug-likeness (QED) is 0.151. The Morgan fingerprint density at radius 1 is 0.360 bits per heavy atom. The van der Waals surface area contributed by atoms with Gasteiger partial charge in [0, 0.05) is 22.0 Å². The number of hydrogen-bond donors (Lipinski definition) is 2. The van der Waals surface area contributed by atoms with E-state index in [1.165, 1.54) is 21.2 Å². The summed E-state index contributed by atoms with van der Waals surface area (Å²) in [5.41, 5.74) is 1.72. The van der Waals surface area contributed by atoms with Gasteiger partial charge in [-0.05, 0) is 61.3 Å². The van der Waals surface area contributed by atoms with Crippen molar-refractivity contribution in [1.29, 1.82) is 0 Å². The highest BCUT2D eigenvalue weighted by Crippen LogP contribution is 2.37. The first-order valence-corrected chi connectivity index (χ1v) is 18.9. The van der Waals surface area contributed by atoms with Crippen LogP contribution in [0.4, 0.5) is 11.4 Å². The van der Waals surface area contributed by atoms with Crippen LogP contribution >= 0.6 is 15.8 Å². The van der Waals surface area contributed by atoms with Crippen molar-refractivity contribution in [3.8, 4) is 0 Å². The van der Waals surface area contributed by atoms with E-state index in [9.17, 15) is 9.59 Å². The molecule has 7 aromatic rings. The molecule has 0 aliphatic carbocycles. The molecule has 7 heteroatoms. The minimum atomic E-state index is -0.952. The third kappa shape index (κ3) is 7.46. The van der Waals surface area contributed by atoms with Crippen molar-refractivity contribution in [3.05, 3.63) is 199 Å². The average Bonchev–Trinajstić information content (AvgIpc) is 3.18. The summed E-state index contributed by atoms with van der Waals surface area (Å²) in [6, 6.07) is 62.1. The minimum Gasteiger partial charge on any atom is -0.320 e. The highest BCUT2D eigenvalue weighted by molar-refractivity contribution is 7.80. The van der Waals surface area contributed by atoms with Crippen LogP contribution in [-0.4, -0.2) is 16.8 Å². The molecular weight excluding hydrogens is 652 g/mol. The first-order chi connectivity index (χ1) is 24.7. The van der Waals surface area contributed by atoms with Crippen LogP contribution in [0, 0.1) is 0 Å². The molecule has 0 bridgehead atoms. The van der Waals surface area contributed by atoms with Gasteiger partial charge in [-0.2, -0.15) is 0 Å². The molecule has 0 aliphatic rings. The maximum absolute atomic E-state index is 13.8. The number of para-hydroxylation sites is 2. The van der Waals surface area contributed by atoms with E-state index < -0.39 is 15.8 Å². The number of hydrogen-bond acceptors (Lipinski definition) is 3. The first kappa shape index (κ1) is 32.8. The number of amides is 2. The van der Waals surface area contributed by atoms with Crippen LogP contribution in [0.5, 0.6) is 0 Å². The number of benzene rings is 6. The first-order valence-electron chi connectivity index (χ1n) is 16.2. The molecule has 242 valence electrons. The topological polar surface area (TPSA) is 71.1 Å². The van der Waals surface area contributed by atoms with Crippen molar-refractivity contribution in [2.75, 3.05) is 10.6 Å². The van der Waals surface area contributed by atoms with Gasteiger partial charge >= 0.3 is 0 Å². The second-order valence-electron chi connectivity index (χ2n) is 11.4. The summed E-state index contributed by atoms with van der Waals surface area (Å²) in [7, 11) is -1.90. The molecule has 7 rings (SSSR count). The molecule has 2 amide bonds. The Morgan fingerprint density at radius 3 is 1.00 bits per heavy atom. The Kier molecular flexibility index (Phi) is 10.3. The Hall–Kier alpha value is -5.73. The van der Waals surface area contributed by atoms with Crippen LogP contribution in [-0.2, 0) is 0 Å². The van der Waals surface area contributed by atoms with Crippen LogP contribution in [0.3, 0.4) is 0 Å². The van der Waals surface area contributed by atoms with E-state index in [0.29, 0.717) is 11.4 Å². The van der Waals surface area contributed by atoms with Crippen LogP contribution in [0.15, 0.2) is 188 Å². The molecule has 2 N–H and O–H groups in total. The van der Waals surface area contributed by atoms with Gasteiger partial charge in [0.2, 0.25) is 0 Å². The predicted molar refractivity (Wildman–Crippen MR) is 210 cm³/mol. The zero-order valence-electron chi connectivity index (χ0n) is 27.1. The van der Waals surface area contributed by atoms with Gasteiger partial charge in [-0.1, -0.05) is 164 Å². The van der Waals surface area contributed by atoms with Gasteiger partial charge in [0.05, 0.1) is 0 Å². The molecule has 0 radical (unpaired) electrons. The van der Waals surface area contributed by atoms with Gasteiger partial charge in [0.15, 0.2) is 0 Å². The van der Waals surface area contributed by atoms with E-state index in [1.54, 1.807) is 18.2 Å². The van der Waals surface area contributed by atoms with Crippen molar-refractivity contribution < 1.29 is 9.59 Å². The SMILES string of the molecule is O=C(Nc1ccccc1P(c1ccccc1)c1ccccc1)c1cccc(C(=O)Nc2ccccc2P(c2ccccc2)c2ccccc2)n1. The normalized spacial score (nSPS) is 10.9. The lowest BCUT2D eigenvalue weighted by Gasteiger charge is -2.22. The average molecular weight is 686 g/mol. The molecule has 6 aromatic carbocycles. The highest BCUT2D eigenvalue weighted by Gasteiger charge is 2.23. The van der Waals surface area contributed by atoms with Gasteiger partial charge < -0.3 is 10.6 Å². The Balaban J connectivity index is 1.16. The largest absolute Gasteiger partial charge is 0.320 e. The number of carbonyl (C=O) groups excluding carboxylic acids is 2. The lowest BCUT2D eigenvalue weighted by Crippen LogP contribution is -2.26. The van der Waals surface area contributed by atoms with Crippen molar-refractivity contribution >= 4 is 70.9 Å². The number of carbonyl (C=O) groups is 2. The molecule has 0 unspecified atom stereocenters. The number of rotatable bonds is 10. The Morgan fingerprint density at radius 2 is 0.660 bits per heavy atom. The zero-order valence-corrected chi connectivity index (χ0v) is 28.8. The number of pyridine rings is 1. The molecular formula is C43H33N3O2P2. The fraction of sp³-hybridized carbons (Fsp3) is 0. The molecule has 50 heavy (non-hydrogen) atoms. The van der Waals surface area contributed by atoms with Crippen molar-refractivity contribution in [2.45, 2.75) is 0 Å². The van der Waals surface area contributed by atoms with Gasteiger partial charge in [-0.3, -0.25) is 9.59 Å². The molecule has 0 saturated carbocycles. The maximum atomic E-state index is 13.8. The molecule has 5 nitrogen and oxygen atoms in total. The lowest BCUT2D eigenvalue weighted by atomic mass is 10.2. The summed E-state index contributed by atoms with van der Waals surface area (Å²) >= 11 is 0. The van der Waals surface area contributed by atoms with E-state index in [-0.39, 0.29) is 23.2 Å². The van der Waals surface area contributed by atoms with E-state index >= 15 is 0 Å². The summed E-state index contributed by atoms with van der Waals surface area (Å²) in [6.45, 7) is 0. The monoisotopic (exact) mass is 685 g/mol. The van der Waals surface area contributed by atoms with E-state index in [0.717, 1.165) is 10.6 Å². The summed E-state index contributed by atoms with van der Waals surface area (Å²) in [4.78, 5) is 32.0. The van der Waals surface area contributed by atoms with Crippen LogP contribution in [0.2, 0.25) is 0 Å². The third-order valence-corrected chi connectivity index (χ3v) is 13.1. The second kappa shape index (κ2) is 15.7. The maximum Gasteiger partial charge on any atom is 0.274 e. The Bertz CT molecular complexity index is 1980. The third-order valence-electron chi connectivity index (χ3n) is 8.06.